The fraction of sp³-hybridized carbons (Fsp3) is 0.250. The highest BCUT2D eigenvalue weighted by molar-refractivity contribution is 7.98. The molecule has 1 N–H and O–H groups in total. The summed E-state index contributed by atoms with van der Waals surface area (Å²) < 4.78 is 1.28. The summed E-state index contributed by atoms with van der Waals surface area (Å²) in [5.74, 6) is -0.214. The number of thioether (sulfide) groups is 1. The van der Waals surface area contributed by atoms with Crippen molar-refractivity contribution in [2.45, 2.75) is 17.5 Å². The van der Waals surface area contributed by atoms with Crippen molar-refractivity contribution in [2.24, 2.45) is 0 Å². The van der Waals surface area contributed by atoms with E-state index in [4.69, 9.17) is 5.11 Å². The maximum Gasteiger partial charge on any atom is 0.325 e. The van der Waals surface area contributed by atoms with Gasteiger partial charge in [-0.15, -0.1) is 5.10 Å². The van der Waals surface area contributed by atoms with Gasteiger partial charge in [0.05, 0.1) is 0 Å². The van der Waals surface area contributed by atoms with E-state index in [2.05, 4.69) is 15.5 Å². The molecular formula is C8H8N4O2S2. The van der Waals surface area contributed by atoms with E-state index in [0.29, 0.717) is 5.16 Å². The molecule has 8 heteroatoms. The number of hydrogen-bond donors (Lipinski definition) is 1. The topological polar surface area (TPSA) is 80.9 Å². The molecule has 6 nitrogen and oxygen atoms in total. The van der Waals surface area contributed by atoms with Crippen molar-refractivity contribution in [3.05, 3.63) is 22.4 Å². The van der Waals surface area contributed by atoms with Gasteiger partial charge in [-0.3, -0.25) is 4.79 Å². The number of nitrogens with zero attached hydrogens (tertiary/aromatic N) is 4. The van der Waals surface area contributed by atoms with E-state index >= 15 is 0 Å². The van der Waals surface area contributed by atoms with E-state index in [-0.39, 0.29) is 6.54 Å². The van der Waals surface area contributed by atoms with Gasteiger partial charge in [-0.1, -0.05) is 11.8 Å². The molecule has 0 aromatic carbocycles. The molecule has 2 aromatic rings. The normalized spacial score (nSPS) is 10.5. The monoisotopic (exact) mass is 256 g/mol. The van der Waals surface area contributed by atoms with E-state index in [1.54, 1.807) is 11.3 Å². The van der Waals surface area contributed by atoms with Crippen LogP contribution in [0.15, 0.2) is 22.0 Å². The summed E-state index contributed by atoms with van der Waals surface area (Å²) >= 11 is 3.05. The van der Waals surface area contributed by atoms with E-state index in [1.165, 1.54) is 22.0 Å². The zero-order valence-corrected chi connectivity index (χ0v) is 9.74. The molecule has 0 bridgehead atoms. The van der Waals surface area contributed by atoms with Gasteiger partial charge in [0.2, 0.25) is 5.16 Å². The zero-order chi connectivity index (χ0) is 11.4. The van der Waals surface area contributed by atoms with Crippen LogP contribution >= 0.6 is 23.1 Å². The largest absolute Gasteiger partial charge is 0.480 e. The molecule has 0 saturated heterocycles. The van der Waals surface area contributed by atoms with E-state index in [9.17, 15) is 4.79 Å². The predicted molar refractivity (Wildman–Crippen MR) is 59.3 cm³/mol. The molecule has 0 atom stereocenters. The third kappa shape index (κ3) is 2.80. The minimum absolute atomic E-state index is 0.209. The Morgan fingerprint density at radius 3 is 3.19 bits per heavy atom. The summed E-state index contributed by atoms with van der Waals surface area (Å²) in [6, 6.07) is 2.02. The highest BCUT2D eigenvalue weighted by atomic mass is 32.2. The second-order valence-corrected chi connectivity index (χ2v) is 4.66. The predicted octanol–water partition coefficient (Wildman–Crippen LogP) is 1.11. The third-order valence-corrected chi connectivity index (χ3v) is 3.49. The van der Waals surface area contributed by atoms with E-state index in [0.717, 1.165) is 5.75 Å². The van der Waals surface area contributed by atoms with Gasteiger partial charge in [-0.2, -0.15) is 11.3 Å². The molecule has 0 amide bonds. The van der Waals surface area contributed by atoms with Gasteiger partial charge in [0.15, 0.2) is 0 Å². The summed E-state index contributed by atoms with van der Waals surface area (Å²) in [6.45, 7) is -0.209. The first-order valence-electron chi connectivity index (χ1n) is 4.37. The van der Waals surface area contributed by atoms with E-state index < -0.39 is 5.97 Å². The molecule has 2 rings (SSSR count). The Bertz CT molecular complexity index is 468. The molecule has 2 heterocycles. The molecule has 0 unspecified atom stereocenters. The van der Waals surface area contributed by atoms with Gasteiger partial charge in [-0.05, 0) is 32.8 Å². The van der Waals surface area contributed by atoms with Crippen LogP contribution in [0.4, 0.5) is 0 Å². The van der Waals surface area contributed by atoms with Crippen molar-refractivity contribution in [2.75, 3.05) is 0 Å². The standard InChI is InChI=1S/C8H8N4O2S2/c13-7(14)3-12-8(9-10-11-12)16-5-6-1-2-15-4-6/h1-2,4H,3,5H2,(H,13,14). The fourth-order valence-electron chi connectivity index (χ4n) is 1.05. The lowest BCUT2D eigenvalue weighted by atomic mass is 10.4. The van der Waals surface area contributed by atoms with Crippen LogP contribution in [-0.4, -0.2) is 31.3 Å². The minimum atomic E-state index is -0.954. The summed E-state index contributed by atoms with van der Waals surface area (Å²) in [5, 5.41) is 24.0. The Morgan fingerprint density at radius 1 is 1.62 bits per heavy atom. The number of carbonyl (C=O) groups is 1. The van der Waals surface area contributed by atoms with Crippen LogP contribution in [0.1, 0.15) is 5.56 Å². The Labute approximate surface area is 99.3 Å². The number of rotatable bonds is 5. The summed E-state index contributed by atoms with van der Waals surface area (Å²) in [5.41, 5.74) is 1.18. The average Bonchev–Trinajstić information content (AvgIpc) is 2.84. The van der Waals surface area contributed by atoms with Crippen molar-refractivity contribution >= 4 is 29.1 Å². The maximum absolute atomic E-state index is 10.5. The molecule has 0 fully saturated rings. The number of thiophene rings is 1. The lowest BCUT2D eigenvalue weighted by Crippen LogP contribution is -2.11. The molecular weight excluding hydrogens is 248 g/mol. The van der Waals surface area contributed by atoms with Crippen molar-refractivity contribution in [3.63, 3.8) is 0 Å². The summed E-state index contributed by atoms with van der Waals surface area (Å²) in [6.07, 6.45) is 0. The van der Waals surface area contributed by atoms with Crippen LogP contribution in [0, 0.1) is 0 Å². The first-order valence-corrected chi connectivity index (χ1v) is 6.30. The van der Waals surface area contributed by atoms with E-state index in [1.807, 2.05) is 16.8 Å². The number of aromatic nitrogens is 4. The van der Waals surface area contributed by atoms with Crippen molar-refractivity contribution in [1.82, 2.24) is 20.2 Å². The molecule has 84 valence electrons. The number of tetrazole rings is 1. The molecule has 0 aliphatic rings. The second-order valence-electron chi connectivity index (χ2n) is 2.93. The minimum Gasteiger partial charge on any atom is -0.480 e. The first kappa shape index (κ1) is 11.1. The number of aliphatic carboxylic acids is 1. The Hall–Kier alpha value is -1.41. The Balaban J connectivity index is 1.99. The number of carboxylic acids is 1. The van der Waals surface area contributed by atoms with Crippen LogP contribution in [0.25, 0.3) is 0 Å². The van der Waals surface area contributed by atoms with Crippen LogP contribution < -0.4 is 0 Å². The van der Waals surface area contributed by atoms with Crippen molar-refractivity contribution in [3.8, 4) is 0 Å². The van der Waals surface area contributed by atoms with Gasteiger partial charge in [0.25, 0.3) is 0 Å². The SMILES string of the molecule is O=C(O)Cn1nnnc1SCc1ccsc1. The Kier molecular flexibility index (Phi) is 3.52. The fourth-order valence-corrected chi connectivity index (χ4v) is 2.64. The van der Waals surface area contributed by atoms with Gasteiger partial charge >= 0.3 is 5.97 Å². The zero-order valence-electron chi connectivity index (χ0n) is 8.11. The lowest BCUT2D eigenvalue weighted by molar-refractivity contribution is -0.138. The quantitative estimate of drug-likeness (QED) is 0.807. The van der Waals surface area contributed by atoms with Gasteiger partial charge in [-0.25, -0.2) is 4.68 Å². The Morgan fingerprint density at radius 2 is 2.50 bits per heavy atom. The van der Waals surface area contributed by atoms with Crippen molar-refractivity contribution < 1.29 is 9.90 Å². The summed E-state index contributed by atoms with van der Waals surface area (Å²) in [4.78, 5) is 10.5. The summed E-state index contributed by atoms with van der Waals surface area (Å²) in [7, 11) is 0. The first-order chi connectivity index (χ1) is 7.75. The molecule has 16 heavy (non-hydrogen) atoms. The van der Waals surface area contributed by atoms with Crippen LogP contribution in [-0.2, 0) is 17.1 Å². The smallest absolute Gasteiger partial charge is 0.325 e. The molecule has 2 aromatic heterocycles. The highest BCUT2D eigenvalue weighted by Crippen LogP contribution is 2.21. The molecule has 0 radical (unpaired) electrons. The number of carboxylic acid groups (broad SMARTS) is 1. The highest BCUT2D eigenvalue weighted by Gasteiger charge is 2.09. The van der Waals surface area contributed by atoms with Crippen LogP contribution in [0.5, 0.6) is 0 Å². The third-order valence-electron chi connectivity index (χ3n) is 1.73. The maximum atomic E-state index is 10.5. The molecule has 0 saturated carbocycles. The number of hydrogen-bond acceptors (Lipinski definition) is 6. The van der Waals surface area contributed by atoms with Crippen molar-refractivity contribution in [1.29, 1.82) is 0 Å². The van der Waals surface area contributed by atoms with Gasteiger partial charge in [0, 0.05) is 5.75 Å². The molecule has 0 aliphatic carbocycles. The molecule has 0 spiro atoms. The van der Waals surface area contributed by atoms with Crippen LogP contribution in [0.2, 0.25) is 0 Å². The van der Waals surface area contributed by atoms with Gasteiger partial charge < -0.3 is 5.11 Å². The lowest BCUT2D eigenvalue weighted by Gasteiger charge is -1.99. The molecule has 0 aliphatic heterocycles. The van der Waals surface area contributed by atoms with Crippen LogP contribution in [0.3, 0.4) is 0 Å². The van der Waals surface area contributed by atoms with Gasteiger partial charge in [0.1, 0.15) is 6.54 Å². The second kappa shape index (κ2) is 5.08. The average molecular weight is 256 g/mol.